The number of ether oxygens (including phenoxy) is 2. The number of rotatable bonds is 5. The summed E-state index contributed by atoms with van der Waals surface area (Å²) >= 11 is 0. The average molecular weight is 368 g/mol. The van der Waals surface area contributed by atoms with Gasteiger partial charge in [0, 0.05) is 38.4 Å². The van der Waals surface area contributed by atoms with E-state index in [1.165, 1.54) is 16.8 Å². The normalized spacial score (nSPS) is 20.3. The summed E-state index contributed by atoms with van der Waals surface area (Å²) in [5, 5.41) is 9.70. The molecule has 1 saturated heterocycles. The van der Waals surface area contributed by atoms with Gasteiger partial charge in [0.2, 0.25) is 0 Å². The third-order valence-electron chi connectivity index (χ3n) is 5.68. The predicted octanol–water partition coefficient (Wildman–Crippen LogP) is 3.23. The van der Waals surface area contributed by atoms with Crippen LogP contribution in [0.15, 0.2) is 42.5 Å². The monoisotopic (exact) mass is 368 g/mol. The molecule has 1 atom stereocenters. The van der Waals surface area contributed by atoms with Crippen LogP contribution in [-0.2, 0) is 11.2 Å². The topological polar surface area (TPSA) is 45.2 Å². The molecular formula is C22H28N2O3. The highest BCUT2D eigenvalue weighted by molar-refractivity contribution is 5.49. The first-order valence-electron chi connectivity index (χ1n) is 9.77. The van der Waals surface area contributed by atoms with Crippen LogP contribution in [0.2, 0.25) is 0 Å². The van der Waals surface area contributed by atoms with Crippen LogP contribution in [-0.4, -0.2) is 56.4 Å². The first-order chi connectivity index (χ1) is 13.2. The Bertz CT molecular complexity index is 755. The summed E-state index contributed by atoms with van der Waals surface area (Å²) < 4.78 is 11.3. The number of piperazine rings is 1. The van der Waals surface area contributed by atoms with Crippen molar-refractivity contribution in [3.63, 3.8) is 0 Å². The van der Waals surface area contributed by atoms with Gasteiger partial charge in [0.15, 0.2) is 0 Å². The van der Waals surface area contributed by atoms with Crippen LogP contribution >= 0.6 is 0 Å². The quantitative estimate of drug-likeness (QED) is 0.878. The molecular weight excluding hydrogens is 340 g/mol. The van der Waals surface area contributed by atoms with Gasteiger partial charge in [-0.25, -0.2) is 0 Å². The van der Waals surface area contributed by atoms with Crippen LogP contribution in [0.4, 0.5) is 5.69 Å². The van der Waals surface area contributed by atoms with Crippen LogP contribution in [0.5, 0.6) is 11.5 Å². The summed E-state index contributed by atoms with van der Waals surface area (Å²) in [7, 11) is 1.70. The van der Waals surface area contributed by atoms with Gasteiger partial charge >= 0.3 is 0 Å². The van der Waals surface area contributed by atoms with E-state index in [-0.39, 0.29) is 6.10 Å². The van der Waals surface area contributed by atoms with Crippen molar-refractivity contribution < 1.29 is 14.6 Å². The number of aromatic hydroxyl groups is 1. The van der Waals surface area contributed by atoms with Crippen molar-refractivity contribution in [1.82, 2.24) is 4.90 Å². The minimum atomic E-state index is 0.147. The number of hydrogen-bond donors (Lipinski definition) is 1. The molecule has 0 aliphatic carbocycles. The molecule has 4 rings (SSSR count). The summed E-state index contributed by atoms with van der Waals surface area (Å²) in [5.74, 6) is 1.25. The molecule has 0 spiro atoms. The van der Waals surface area contributed by atoms with Gasteiger partial charge in [-0.2, -0.15) is 0 Å². The van der Waals surface area contributed by atoms with E-state index in [0.29, 0.717) is 5.75 Å². The van der Waals surface area contributed by atoms with E-state index in [2.05, 4.69) is 21.9 Å². The number of fused-ring (bicyclic) bond motifs is 1. The number of phenolic OH excluding ortho intramolecular Hbond substituents is 1. The summed E-state index contributed by atoms with van der Waals surface area (Å²) in [4.78, 5) is 4.96. The van der Waals surface area contributed by atoms with Crippen molar-refractivity contribution in [2.45, 2.75) is 18.9 Å². The van der Waals surface area contributed by atoms with Crippen molar-refractivity contribution in [3.05, 3.63) is 53.6 Å². The van der Waals surface area contributed by atoms with Gasteiger partial charge in [-0.3, -0.25) is 4.90 Å². The van der Waals surface area contributed by atoms with E-state index in [4.69, 9.17) is 9.47 Å². The number of anilines is 1. The fourth-order valence-electron chi connectivity index (χ4n) is 4.09. The molecule has 1 N–H and O–H groups in total. The van der Waals surface area contributed by atoms with Crippen molar-refractivity contribution in [3.8, 4) is 11.5 Å². The van der Waals surface area contributed by atoms with Gasteiger partial charge in [-0.15, -0.1) is 0 Å². The van der Waals surface area contributed by atoms with Gasteiger partial charge in [-0.1, -0.05) is 6.07 Å². The highest BCUT2D eigenvalue weighted by Crippen LogP contribution is 2.32. The molecule has 0 bridgehead atoms. The SMILES string of the molecule is COc1ccc(N2CCN(CCC3OCCc4cc(O)ccc43)CC2)cc1. The predicted molar refractivity (Wildman–Crippen MR) is 107 cm³/mol. The lowest BCUT2D eigenvalue weighted by Crippen LogP contribution is -2.46. The molecule has 5 heteroatoms. The Morgan fingerprint density at radius 3 is 2.59 bits per heavy atom. The smallest absolute Gasteiger partial charge is 0.119 e. The van der Waals surface area contributed by atoms with Crippen molar-refractivity contribution in [2.75, 3.05) is 51.3 Å². The minimum Gasteiger partial charge on any atom is -0.508 e. The van der Waals surface area contributed by atoms with Gasteiger partial charge in [-0.05, 0) is 60.4 Å². The lowest BCUT2D eigenvalue weighted by atomic mass is 9.95. The number of nitrogens with zero attached hydrogens (tertiary/aromatic N) is 2. The Balaban J connectivity index is 1.29. The summed E-state index contributed by atoms with van der Waals surface area (Å²) in [6, 6.07) is 14.0. The lowest BCUT2D eigenvalue weighted by Gasteiger charge is -2.37. The molecule has 2 heterocycles. The molecule has 2 aromatic carbocycles. The third-order valence-corrected chi connectivity index (χ3v) is 5.68. The number of methoxy groups -OCH3 is 1. The maximum absolute atomic E-state index is 9.70. The average Bonchev–Trinajstić information content (AvgIpc) is 2.72. The molecule has 0 aromatic heterocycles. The van der Waals surface area contributed by atoms with E-state index in [1.54, 1.807) is 13.2 Å². The van der Waals surface area contributed by atoms with E-state index in [0.717, 1.165) is 57.9 Å². The molecule has 2 aliphatic rings. The van der Waals surface area contributed by atoms with Gasteiger partial charge in [0.1, 0.15) is 11.5 Å². The molecule has 0 amide bonds. The van der Waals surface area contributed by atoms with Crippen LogP contribution in [0.1, 0.15) is 23.7 Å². The highest BCUT2D eigenvalue weighted by Gasteiger charge is 2.23. The fourth-order valence-corrected chi connectivity index (χ4v) is 4.09. The second-order valence-corrected chi connectivity index (χ2v) is 7.31. The molecule has 1 fully saturated rings. The molecule has 2 aliphatic heterocycles. The maximum atomic E-state index is 9.70. The zero-order valence-corrected chi connectivity index (χ0v) is 15.9. The maximum Gasteiger partial charge on any atom is 0.119 e. The molecule has 0 radical (unpaired) electrons. The highest BCUT2D eigenvalue weighted by atomic mass is 16.5. The molecule has 2 aromatic rings. The fraction of sp³-hybridized carbons (Fsp3) is 0.455. The zero-order chi connectivity index (χ0) is 18.6. The number of benzene rings is 2. The first kappa shape index (κ1) is 18.1. The largest absolute Gasteiger partial charge is 0.508 e. The van der Waals surface area contributed by atoms with Crippen LogP contribution < -0.4 is 9.64 Å². The van der Waals surface area contributed by atoms with Crippen molar-refractivity contribution in [2.24, 2.45) is 0 Å². The Labute approximate surface area is 161 Å². The van der Waals surface area contributed by atoms with Crippen LogP contribution in [0, 0.1) is 0 Å². The second-order valence-electron chi connectivity index (χ2n) is 7.31. The molecule has 144 valence electrons. The van der Waals surface area contributed by atoms with E-state index >= 15 is 0 Å². The standard InChI is InChI=1S/C22H28N2O3/c1-26-20-5-2-18(3-6-20)24-13-11-23(12-14-24)10-8-22-21-7-4-19(25)16-17(21)9-15-27-22/h2-7,16,22,25H,8-15H2,1H3. The van der Waals surface area contributed by atoms with E-state index in [1.807, 2.05) is 24.3 Å². The zero-order valence-electron chi connectivity index (χ0n) is 15.9. The summed E-state index contributed by atoms with van der Waals surface area (Å²) in [6.07, 6.45) is 2.04. The summed E-state index contributed by atoms with van der Waals surface area (Å²) in [6.45, 7) is 6.01. The van der Waals surface area contributed by atoms with E-state index in [9.17, 15) is 5.11 Å². The molecule has 5 nitrogen and oxygen atoms in total. The van der Waals surface area contributed by atoms with Crippen LogP contribution in [0.3, 0.4) is 0 Å². The minimum absolute atomic E-state index is 0.147. The Hall–Kier alpha value is -2.24. The number of hydrogen-bond acceptors (Lipinski definition) is 5. The van der Waals surface area contributed by atoms with Crippen LogP contribution in [0.25, 0.3) is 0 Å². The van der Waals surface area contributed by atoms with Gasteiger partial charge < -0.3 is 19.5 Å². The lowest BCUT2D eigenvalue weighted by molar-refractivity contribution is 0.0288. The second kappa shape index (κ2) is 8.19. The molecule has 0 saturated carbocycles. The first-order valence-corrected chi connectivity index (χ1v) is 9.77. The molecule has 27 heavy (non-hydrogen) atoms. The van der Waals surface area contributed by atoms with Crippen molar-refractivity contribution in [1.29, 1.82) is 0 Å². The van der Waals surface area contributed by atoms with E-state index < -0.39 is 0 Å². The van der Waals surface area contributed by atoms with Crippen molar-refractivity contribution >= 4 is 5.69 Å². The summed E-state index contributed by atoms with van der Waals surface area (Å²) in [5.41, 5.74) is 3.74. The Morgan fingerprint density at radius 1 is 1.07 bits per heavy atom. The van der Waals surface area contributed by atoms with Gasteiger partial charge in [0.25, 0.3) is 0 Å². The number of phenols is 1. The Morgan fingerprint density at radius 2 is 1.85 bits per heavy atom. The van der Waals surface area contributed by atoms with Gasteiger partial charge in [0.05, 0.1) is 19.8 Å². The Kier molecular flexibility index (Phi) is 5.50. The molecule has 1 unspecified atom stereocenters. The third kappa shape index (κ3) is 4.20.